The molecular weight excluding hydrogens is 269 g/mol. The Balaban J connectivity index is -0.0000000257. The first kappa shape index (κ1) is 22.4. The van der Waals surface area contributed by atoms with Gasteiger partial charge >= 0.3 is 92.5 Å². The van der Waals surface area contributed by atoms with Gasteiger partial charge in [0.05, 0.1) is 0 Å². The van der Waals surface area contributed by atoms with E-state index in [-0.39, 0.29) is 41.3 Å². The first-order chi connectivity index (χ1) is 4.24. The normalized spacial score (nSPS) is 2.40. The van der Waals surface area contributed by atoms with E-state index in [0.717, 1.165) is 0 Å². The second kappa shape index (κ2) is 58.0. The molecule has 0 radical (unpaired) electrons. The molecule has 0 amide bonds. The molecule has 0 atom stereocenters. The Hall–Kier alpha value is 0.358. The fourth-order valence-electron chi connectivity index (χ4n) is 0. The van der Waals surface area contributed by atoms with Crippen LogP contribution in [-0.2, 0) is 14.1 Å². The molecule has 0 heterocycles. The summed E-state index contributed by atoms with van der Waals surface area (Å²) in [7, 11) is -1.50. The van der Waals surface area contributed by atoms with Crippen molar-refractivity contribution in [3.8, 4) is 0 Å². The van der Waals surface area contributed by atoms with E-state index in [2.05, 4.69) is 0 Å². The van der Waals surface area contributed by atoms with Gasteiger partial charge in [0, 0.05) is 0 Å². The topological polar surface area (TPSA) is 120 Å². The van der Waals surface area contributed by atoms with Crippen molar-refractivity contribution in [1.82, 2.24) is 0 Å². The van der Waals surface area contributed by atoms with Gasteiger partial charge in [-0.15, -0.1) is 0 Å². The number of rotatable bonds is 0. The van der Waals surface area contributed by atoms with Gasteiger partial charge in [-0.3, -0.25) is 0 Å². The van der Waals surface area contributed by atoms with Gasteiger partial charge in [0.25, 0.3) is 0 Å². The van der Waals surface area contributed by atoms with Gasteiger partial charge in [0.2, 0.25) is 0 Å². The van der Waals surface area contributed by atoms with Crippen LogP contribution in [0.15, 0.2) is 0 Å². The molecule has 0 aromatic carbocycles. The fourth-order valence-corrected chi connectivity index (χ4v) is 0. The van der Waals surface area contributed by atoms with Gasteiger partial charge in [-0.1, -0.05) is 0 Å². The summed E-state index contributed by atoms with van der Waals surface area (Å²) in [6, 6.07) is 0. The smallest absolute Gasteiger partial charge is 3.00 e. The third-order valence-electron chi connectivity index (χ3n) is 0. The zero-order valence-corrected chi connectivity index (χ0v) is 8.46. The largest absolute Gasteiger partial charge is 3.00 e. The van der Waals surface area contributed by atoms with E-state index in [1.54, 1.807) is 0 Å². The van der Waals surface area contributed by atoms with Crippen molar-refractivity contribution in [3.05, 3.63) is 0 Å². The summed E-state index contributed by atoms with van der Waals surface area (Å²) in [5.74, 6) is 0. The summed E-state index contributed by atoms with van der Waals surface area (Å²) < 4.78 is 24.8. The average Bonchev–Trinajstić information content (AvgIpc) is 1.70. The number of hydrogen-bond donors (Lipinski definition) is 0. The first-order valence-electron chi connectivity index (χ1n) is 1.41. The predicted octanol–water partition coefficient (Wildman–Crippen LogP) is -5.07. The molecule has 0 aliphatic rings. The van der Waals surface area contributed by atoms with Crippen LogP contribution in [0.4, 0.5) is 0 Å². The standard InChI is InChI=1S/3BO2.Pr/c3*2-1-3;/q3*-1;+3. The molecule has 0 aliphatic carbocycles. The molecule has 0 bridgehead atoms. The van der Waals surface area contributed by atoms with Crippen LogP contribution in [0.2, 0.25) is 0 Å². The van der Waals surface area contributed by atoms with Crippen LogP contribution in [0.5, 0.6) is 0 Å². The van der Waals surface area contributed by atoms with Crippen LogP contribution in [-0.4, -0.2) is 22.1 Å². The van der Waals surface area contributed by atoms with Gasteiger partial charge in [-0.2, -0.15) is 0 Å². The van der Waals surface area contributed by atoms with Gasteiger partial charge in [-0.25, -0.2) is 0 Å². The summed E-state index contributed by atoms with van der Waals surface area (Å²) in [6.45, 7) is 0. The molecule has 0 rings (SSSR count). The van der Waals surface area contributed by atoms with Crippen molar-refractivity contribution in [1.29, 1.82) is 0 Å². The molecule has 0 aromatic heterocycles. The second-order valence-electron chi connectivity index (χ2n) is 0.289. The predicted molar refractivity (Wildman–Crippen MR) is 19.3 cm³/mol. The van der Waals surface area contributed by atoms with Crippen LogP contribution in [0.3, 0.4) is 0 Å². The molecule has 0 aromatic rings. The van der Waals surface area contributed by atoms with Crippen molar-refractivity contribution in [2.75, 3.05) is 0 Å². The van der Waals surface area contributed by atoms with Gasteiger partial charge in [-0.05, 0) is 0 Å². The Morgan fingerprint density at radius 1 is 0.700 bits per heavy atom. The zero-order chi connectivity index (χ0) is 8.12. The third kappa shape index (κ3) is 3520. The zero-order valence-electron chi connectivity index (χ0n) is 4.76. The fraction of sp³-hybridized carbons (Fsp3) is 0. The average molecular weight is 269 g/mol. The van der Waals surface area contributed by atoms with Crippen molar-refractivity contribution in [3.63, 3.8) is 0 Å². The molecule has 0 spiro atoms. The van der Waals surface area contributed by atoms with Crippen LogP contribution in [0, 0.1) is 41.3 Å². The minimum Gasteiger partial charge on any atom is 3.00 e. The van der Waals surface area contributed by atoms with E-state index < -0.39 is 22.1 Å². The Morgan fingerprint density at radius 2 is 0.700 bits per heavy atom. The first-order valence-corrected chi connectivity index (χ1v) is 1.41. The summed E-state index contributed by atoms with van der Waals surface area (Å²) in [5.41, 5.74) is 0. The summed E-state index contributed by atoms with van der Waals surface area (Å²) >= 11 is 0. The van der Waals surface area contributed by atoms with Gasteiger partial charge in [0.15, 0.2) is 0 Å². The quantitative estimate of drug-likeness (QED) is 0.406. The van der Waals surface area contributed by atoms with E-state index in [1.165, 1.54) is 0 Å². The summed E-state index contributed by atoms with van der Waals surface area (Å²) in [5, 5.41) is 24.8. The molecule has 0 saturated heterocycles. The Morgan fingerprint density at radius 3 is 0.700 bits per heavy atom. The summed E-state index contributed by atoms with van der Waals surface area (Å²) in [6.07, 6.45) is 0. The van der Waals surface area contributed by atoms with E-state index in [4.69, 9.17) is 29.2 Å². The van der Waals surface area contributed by atoms with E-state index in [0.29, 0.717) is 0 Å². The van der Waals surface area contributed by atoms with E-state index in [9.17, 15) is 0 Å². The Kier molecular flexibility index (Phi) is 130. The molecule has 10 heteroatoms. The van der Waals surface area contributed by atoms with Crippen molar-refractivity contribution < 1.29 is 70.5 Å². The molecule has 0 aliphatic heterocycles. The van der Waals surface area contributed by atoms with Gasteiger partial charge in [0.1, 0.15) is 0 Å². The molecule has 0 unspecified atom stereocenters. The van der Waals surface area contributed by atoms with Gasteiger partial charge < -0.3 is 0 Å². The molecule has 0 fully saturated rings. The maximum atomic E-state index is 8.25. The van der Waals surface area contributed by atoms with Crippen molar-refractivity contribution in [2.45, 2.75) is 0 Å². The molecular formula is B3O6Pr. The minimum absolute atomic E-state index is 0. The SMILES string of the molecule is O=B[O-].O=B[O-].O=B[O-].[Pr+3]. The molecule has 0 N–H and O–H groups in total. The third-order valence-corrected chi connectivity index (χ3v) is 0. The van der Waals surface area contributed by atoms with Crippen molar-refractivity contribution in [2.24, 2.45) is 0 Å². The molecule has 6 nitrogen and oxygen atoms in total. The van der Waals surface area contributed by atoms with Crippen LogP contribution in [0.1, 0.15) is 0 Å². The maximum absolute atomic E-state index is 8.25. The van der Waals surface area contributed by atoms with E-state index in [1.807, 2.05) is 0 Å². The van der Waals surface area contributed by atoms with Crippen molar-refractivity contribution >= 4 is 22.1 Å². The van der Waals surface area contributed by atoms with Crippen LogP contribution >= 0.6 is 0 Å². The monoisotopic (exact) mass is 270 g/mol. The Labute approximate surface area is 91.8 Å². The molecule has 48 valence electrons. The molecule has 0 saturated carbocycles. The molecule has 10 heavy (non-hydrogen) atoms. The van der Waals surface area contributed by atoms with Crippen LogP contribution in [0.25, 0.3) is 0 Å². The maximum Gasteiger partial charge on any atom is 3.00 e. The van der Waals surface area contributed by atoms with E-state index >= 15 is 0 Å². The Bertz CT molecular complexity index is 49.7. The number of hydrogen-bond acceptors (Lipinski definition) is 6. The summed E-state index contributed by atoms with van der Waals surface area (Å²) in [4.78, 5) is 0. The second-order valence-corrected chi connectivity index (χ2v) is 0.289. The minimum atomic E-state index is -0.500. The van der Waals surface area contributed by atoms with Crippen LogP contribution < -0.4 is 15.1 Å².